The molecular weight excluding hydrogens is 418 g/mol. The topological polar surface area (TPSA) is 94.2 Å². The summed E-state index contributed by atoms with van der Waals surface area (Å²) in [4.78, 5) is 30.4. The Bertz CT molecular complexity index is 1210. The van der Waals surface area contributed by atoms with E-state index >= 15 is 0 Å². The summed E-state index contributed by atoms with van der Waals surface area (Å²) in [6.45, 7) is 0.257. The van der Waals surface area contributed by atoms with Gasteiger partial charge >= 0.3 is 5.97 Å². The number of hydrogen-bond acceptors (Lipinski definition) is 6. The van der Waals surface area contributed by atoms with Crippen molar-refractivity contribution in [1.29, 1.82) is 5.26 Å². The molecule has 7 nitrogen and oxygen atoms in total. The molecule has 2 aromatic carbocycles. The van der Waals surface area contributed by atoms with E-state index in [4.69, 9.17) is 19.7 Å². The van der Waals surface area contributed by atoms with Gasteiger partial charge in [0.25, 0.3) is 0 Å². The number of Topliss-reactive ketones (excluding diaryl/α,β-unsaturated/α-hetero) is 1. The summed E-state index contributed by atoms with van der Waals surface area (Å²) >= 11 is 0. The second kappa shape index (κ2) is 9.45. The molecule has 1 aliphatic carbocycles. The number of methoxy groups -OCH3 is 1. The molecule has 1 aliphatic rings. The summed E-state index contributed by atoms with van der Waals surface area (Å²) in [5.74, 6) is 1.03. The van der Waals surface area contributed by atoms with Crippen molar-refractivity contribution < 1.29 is 19.1 Å². The third kappa shape index (κ3) is 4.61. The van der Waals surface area contributed by atoms with Crippen LogP contribution in [-0.2, 0) is 23.2 Å². The highest BCUT2D eigenvalue weighted by atomic mass is 16.5. The predicted molar refractivity (Wildman–Crippen MR) is 123 cm³/mol. The first kappa shape index (κ1) is 22.5. The van der Waals surface area contributed by atoms with E-state index < -0.39 is 5.41 Å². The third-order valence-electron chi connectivity index (χ3n) is 6.59. The van der Waals surface area contributed by atoms with Gasteiger partial charge in [-0.05, 0) is 55.3 Å². The Hall–Kier alpha value is -3.66. The number of ether oxygens (including phenoxy) is 2. The summed E-state index contributed by atoms with van der Waals surface area (Å²) in [7, 11) is 3.28. The first-order valence-electron chi connectivity index (χ1n) is 11.2. The molecule has 0 bridgehead atoms. The van der Waals surface area contributed by atoms with Crippen molar-refractivity contribution in [1.82, 2.24) is 9.55 Å². The summed E-state index contributed by atoms with van der Waals surface area (Å²) in [6.07, 6.45) is 4.47. The van der Waals surface area contributed by atoms with Crippen molar-refractivity contribution >= 4 is 22.8 Å². The molecule has 7 heteroatoms. The molecule has 0 N–H and O–H groups in total. The molecule has 1 heterocycles. The molecule has 170 valence electrons. The Kier molecular flexibility index (Phi) is 6.45. The maximum Gasteiger partial charge on any atom is 0.306 e. The largest absolute Gasteiger partial charge is 0.486 e. The number of aryl methyl sites for hydroxylation is 1. The number of carbonyl (C=O) groups excluding carboxylic acids is 2. The summed E-state index contributed by atoms with van der Waals surface area (Å²) in [5.41, 5.74) is 2.06. The number of ketones is 1. The zero-order chi connectivity index (χ0) is 23.4. The highest BCUT2D eigenvalue weighted by Gasteiger charge is 2.42. The number of carbonyl (C=O) groups is 2. The number of hydrogen-bond donors (Lipinski definition) is 0. The Balaban J connectivity index is 1.57. The van der Waals surface area contributed by atoms with Gasteiger partial charge in [0.1, 0.15) is 18.2 Å². The van der Waals surface area contributed by atoms with Crippen LogP contribution in [0.3, 0.4) is 0 Å². The number of rotatable bonds is 7. The number of esters is 1. The van der Waals surface area contributed by atoms with Crippen molar-refractivity contribution in [2.75, 3.05) is 7.11 Å². The van der Waals surface area contributed by atoms with E-state index in [0.29, 0.717) is 35.2 Å². The maximum absolute atomic E-state index is 13.6. The first-order valence-corrected chi connectivity index (χ1v) is 11.2. The second-order valence-corrected chi connectivity index (χ2v) is 8.64. The highest BCUT2D eigenvalue weighted by molar-refractivity contribution is 6.04. The van der Waals surface area contributed by atoms with E-state index in [0.717, 1.165) is 30.6 Å². The summed E-state index contributed by atoms with van der Waals surface area (Å²) < 4.78 is 12.7. The number of fused-ring (bicyclic) bond motifs is 1. The first-order chi connectivity index (χ1) is 16.0. The van der Waals surface area contributed by atoms with Crippen molar-refractivity contribution in [3.8, 4) is 11.8 Å². The maximum atomic E-state index is 13.6. The average molecular weight is 446 g/mol. The van der Waals surface area contributed by atoms with Crippen molar-refractivity contribution in [3.05, 3.63) is 59.4 Å². The average Bonchev–Trinajstić information content (AvgIpc) is 3.17. The lowest BCUT2D eigenvalue weighted by Gasteiger charge is -2.35. The molecule has 4 rings (SSSR count). The van der Waals surface area contributed by atoms with Crippen LogP contribution >= 0.6 is 0 Å². The van der Waals surface area contributed by atoms with Crippen LogP contribution in [0.5, 0.6) is 5.75 Å². The minimum absolute atomic E-state index is 0.00413. The number of imidazole rings is 1. The van der Waals surface area contributed by atoms with Gasteiger partial charge in [-0.3, -0.25) is 9.59 Å². The van der Waals surface area contributed by atoms with Crippen molar-refractivity contribution in [3.63, 3.8) is 0 Å². The molecular formula is C26H27N3O4. The fourth-order valence-corrected chi connectivity index (χ4v) is 4.66. The van der Waals surface area contributed by atoms with Crippen LogP contribution in [0.1, 0.15) is 60.3 Å². The molecule has 0 spiro atoms. The van der Waals surface area contributed by atoms with Gasteiger partial charge in [0.05, 0.1) is 36.2 Å². The molecule has 1 aromatic heterocycles. The fraction of sp³-hybridized carbons (Fsp3) is 0.385. The molecule has 0 unspecified atom stereocenters. The number of nitriles is 1. The second-order valence-electron chi connectivity index (χ2n) is 8.64. The fourth-order valence-electron chi connectivity index (χ4n) is 4.66. The SMILES string of the molecule is COC(=O)CC1(C(=O)c2ccc3c(c2)nc(COc2ccc(C#N)cc2)n3C)CCCCC1. The lowest BCUT2D eigenvalue weighted by molar-refractivity contribution is -0.143. The monoisotopic (exact) mass is 445 g/mol. The zero-order valence-corrected chi connectivity index (χ0v) is 19.0. The van der Waals surface area contributed by atoms with Crippen LogP contribution in [0.25, 0.3) is 11.0 Å². The molecule has 1 fully saturated rings. The van der Waals surface area contributed by atoms with Crippen LogP contribution in [0.4, 0.5) is 0 Å². The van der Waals surface area contributed by atoms with E-state index in [1.807, 2.05) is 29.8 Å². The van der Waals surface area contributed by atoms with Crippen LogP contribution < -0.4 is 4.74 Å². The van der Waals surface area contributed by atoms with Crippen molar-refractivity contribution in [2.45, 2.75) is 45.1 Å². The van der Waals surface area contributed by atoms with Gasteiger partial charge in [-0.15, -0.1) is 0 Å². The standard InChI is InChI=1S/C26H27N3O4/c1-29-22-11-8-19(25(31)26(15-24(30)32-2)12-4-3-5-13-26)14-21(22)28-23(29)17-33-20-9-6-18(16-27)7-10-20/h6-11,14H,3-5,12-13,15,17H2,1-2H3. The van der Waals surface area contributed by atoms with Gasteiger partial charge in [-0.2, -0.15) is 5.26 Å². The highest BCUT2D eigenvalue weighted by Crippen LogP contribution is 2.42. The van der Waals surface area contributed by atoms with Gasteiger partial charge < -0.3 is 14.0 Å². The Labute approximate surface area is 192 Å². The van der Waals surface area contributed by atoms with Crippen molar-refractivity contribution in [2.24, 2.45) is 12.5 Å². The van der Waals surface area contributed by atoms with E-state index in [2.05, 4.69) is 6.07 Å². The molecule has 0 amide bonds. The number of benzene rings is 2. The minimum atomic E-state index is -0.699. The molecule has 0 aliphatic heterocycles. The third-order valence-corrected chi connectivity index (χ3v) is 6.59. The van der Waals surface area contributed by atoms with Crippen LogP contribution in [0, 0.1) is 16.7 Å². The van der Waals surface area contributed by atoms with Crippen LogP contribution in [0.15, 0.2) is 42.5 Å². The normalized spacial score (nSPS) is 15.1. The Morgan fingerprint density at radius 3 is 2.52 bits per heavy atom. The van der Waals surface area contributed by atoms with Crippen LogP contribution in [-0.4, -0.2) is 28.4 Å². The van der Waals surface area contributed by atoms with Gasteiger partial charge in [0, 0.05) is 18.0 Å². The molecule has 3 aromatic rings. The summed E-state index contributed by atoms with van der Waals surface area (Å²) in [6, 6.07) is 14.5. The van der Waals surface area contributed by atoms with E-state index in [1.165, 1.54) is 7.11 Å². The van der Waals surface area contributed by atoms with E-state index in [1.54, 1.807) is 24.3 Å². The van der Waals surface area contributed by atoms with E-state index in [9.17, 15) is 9.59 Å². The number of nitrogens with zero attached hydrogens (tertiary/aromatic N) is 3. The van der Waals surface area contributed by atoms with E-state index in [-0.39, 0.29) is 24.8 Å². The lowest BCUT2D eigenvalue weighted by atomic mass is 9.67. The Morgan fingerprint density at radius 1 is 1.12 bits per heavy atom. The van der Waals surface area contributed by atoms with Crippen LogP contribution in [0.2, 0.25) is 0 Å². The Morgan fingerprint density at radius 2 is 1.85 bits per heavy atom. The lowest BCUT2D eigenvalue weighted by Crippen LogP contribution is -2.36. The molecule has 0 saturated heterocycles. The van der Waals surface area contributed by atoms with Gasteiger partial charge in [-0.1, -0.05) is 19.3 Å². The zero-order valence-electron chi connectivity index (χ0n) is 19.0. The number of aromatic nitrogens is 2. The minimum Gasteiger partial charge on any atom is -0.486 e. The van der Waals surface area contributed by atoms with Gasteiger partial charge in [0.2, 0.25) is 0 Å². The smallest absolute Gasteiger partial charge is 0.306 e. The molecule has 33 heavy (non-hydrogen) atoms. The molecule has 1 saturated carbocycles. The molecule has 0 atom stereocenters. The van der Waals surface area contributed by atoms with Gasteiger partial charge in [-0.25, -0.2) is 4.98 Å². The summed E-state index contributed by atoms with van der Waals surface area (Å²) in [5, 5.41) is 8.92. The quantitative estimate of drug-likeness (QED) is 0.386. The molecule has 0 radical (unpaired) electrons. The predicted octanol–water partition coefficient (Wildman–Crippen LogP) is 4.72. The van der Waals surface area contributed by atoms with Gasteiger partial charge in [0.15, 0.2) is 5.78 Å².